The van der Waals surface area contributed by atoms with E-state index in [2.05, 4.69) is 5.32 Å². The fraction of sp³-hybridized carbons (Fsp3) is 0.333. The molecule has 0 aliphatic carbocycles. The zero-order chi connectivity index (χ0) is 29.1. The molecule has 0 aliphatic rings. The lowest BCUT2D eigenvalue weighted by atomic mass is 10.0. The van der Waals surface area contributed by atoms with Gasteiger partial charge in [-0.1, -0.05) is 84.7 Å². The number of halogens is 2. The number of carbonyl (C=O) groups is 2. The molecule has 0 unspecified atom stereocenters. The van der Waals surface area contributed by atoms with Gasteiger partial charge < -0.3 is 10.2 Å². The zero-order valence-electron chi connectivity index (χ0n) is 22.7. The third-order valence-electron chi connectivity index (χ3n) is 6.37. The molecule has 3 aromatic carbocycles. The summed E-state index contributed by atoms with van der Waals surface area (Å²) < 4.78 is 26.3. The third-order valence-corrected chi connectivity index (χ3v) is 8.17. The van der Waals surface area contributed by atoms with Crippen LogP contribution in [0, 0.1) is 0 Å². The van der Waals surface area contributed by atoms with E-state index < -0.39 is 16.1 Å². The van der Waals surface area contributed by atoms with Gasteiger partial charge in [0, 0.05) is 42.5 Å². The topological polar surface area (TPSA) is 86.8 Å². The van der Waals surface area contributed by atoms with Crippen LogP contribution in [0.1, 0.15) is 37.3 Å². The highest BCUT2D eigenvalue weighted by Crippen LogP contribution is 2.24. The molecule has 0 saturated carbocycles. The first-order chi connectivity index (χ1) is 19.1. The summed E-state index contributed by atoms with van der Waals surface area (Å²) in [7, 11) is -3.62. The van der Waals surface area contributed by atoms with Crippen molar-refractivity contribution in [3.63, 3.8) is 0 Å². The minimum Gasteiger partial charge on any atom is -0.354 e. The van der Waals surface area contributed by atoms with Gasteiger partial charge in [-0.25, -0.2) is 8.42 Å². The fourth-order valence-corrected chi connectivity index (χ4v) is 5.70. The van der Waals surface area contributed by atoms with E-state index in [1.807, 2.05) is 55.5 Å². The third kappa shape index (κ3) is 9.25. The number of nitrogens with zero attached hydrogens (tertiary/aromatic N) is 2. The standard InChI is InChI=1S/C30H35Cl2N3O4S/c1-3-18-33-30(37)28(20-23-11-5-4-6-12-23)34(22-24-13-7-8-16-27(24)32)29(36)17-10-19-35(40(2,38)39)26-15-9-14-25(31)21-26/h4-9,11-16,21,28H,3,10,17-20,22H2,1-2H3,(H,33,37)/t28-/m0/s1. The van der Waals surface area contributed by atoms with Gasteiger partial charge in [0.2, 0.25) is 21.8 Å². The molecule has 214 valence electrons. The van der Waals surface area contributed by atoms with Crippen LogP contribution in [0.25, 0.3) is 0 Å². The Morgan fingerprint density at radius 3 is 2.30 bits per heavy atom. The van der Waals surface area contributed by atoms with Crippen LogP contribution >= 0.6 is 23.2 Å². The van der Waals surface area contributed by atoms with Gasteiger partial charge in [-0.15, -0.1) is 0 Å². The Balaban J connectivity index is 1.88. The molecule has 0 fully saturated rings. The average molecular weight is 605 g/mol. The van der Waals surface area contributed by atoms with Crippen molar-refractivity contribution in [2.75, 3.05) is 23.7 Å². The van der Waals surface area contributed by atoms with Crippen molar-refractivity contribution in [2.24, 2.45) is 0 Å². The maximum Gasteiger partial charge on any atom is 0.243 e. The Bertz CT molecular complexity index is 1390. The molecular weight excluding hydrogens is 569 g/mol. The van der Waals surface area contributed by atoms with Crippen LogP contribution in [-0.2, 0) is 32.6 Å². The summed E-state index contributed by atoms with van der Waals surface area (Å²) >= 11 is 12.5. The zero-order valence-corrected chi connectivity index (χ0v) is 25.1. The van der Waals surface area contributed by atoms with Crippen molar-refractivity contribution in [3.8, 4) is 0 Å². The summed E-state index contributed by atoms with van der Waals surface area (Å²) in [5.74, 6) is -0.519. The lowest BCUT2D eigenvalue weighted by Crippen LogP contribution is -2.50. The molecule has 0 saturated heterocycles. The van der Waals surface area contributed by atoms with Crippen molar-refractivity contribution in [1.82, 2.24) is 10.2 Å². The first kappa shape index (κ1) is 31.5. The number of carbonyl (C=O) groups excluding carboxylic acids is 2. The summed E-state index contributed by atoms with van der Waals surface area (Å²) in [5, 5.41) is 3.85. The van der Waals surface area contributed by atoms with Crippen LogP contribution in [0.4, 0.5) is 5.69 Å². The van der Waals surface area contributed by atoms with E-state index in [1.54, 1.807) is 35.2 Å². The van der Waals surface area contributed by atoms with E-state index in [9.17, 15) is 18.0 Å². The van der Waals surface area contributed by atoms with Gasteiger partial charge in [0.1, 0.15) is 6.04 Å². The molecule has 0 bridgehead atoms. The Labute approximate surface area is 247 Å². The van der Waals surface area contributed by atoms with Crippen LogP contribution in [0.15, 0.2) is 78.9 Å². The molecule has 0 radical (unpaired) electrons. The van der Waals surface area contributed by atoms with Gasteiger partial charge in [-0.3, -0.25) is 13.9 Å². The van der Waals surface area contributed by atoms with Crippen LogP contribution < -0.4 is 9.62 Å². The van der Waals surface area contributed by atoms with Crippen molar-refractivity contribution in [1.29, 1.82) is 0 Å². The number of amides is 2. The molecule has 1 atom stereocenters. The van der Waals surface area contributed by atoms with Crippen molar-refractivity contribution >= 4 is 50.7 Å². The number of hydrogen-bond acceptors (Lipinski definition) is 4. The largest absolute Gasteiger partial charge is 0.354 e. The molecule has 7 nitrogen and oxygen atoms in total. The van der Waals surface area contributed by atoms with E-state index in [0.29, 0.717) is 28.7 Å². The number of rotatable bonds is 14. The molecular formula is C30H35Cl2N3O4S. The molecule has 1 N–H and O–H groups in total. The number of hydrogen-bond donors (Lipinski definition) is 1. The summed E-state index contributed by atoms with van der Waals surface area (Å²) in [4.78, 5) is 28.8. The highest BCUT2D eigenvalue weighted by Gasteiger charge is 2.30. The Hall–Kier alpha value is -3.07. The maximum absolute atomic E-state index is 13.8. The van der Waals surface area contributed by atoms with E-state index in [4.69, 9.17) is 23.2 Å². The first-order valence-corrected chi connectivity index (χ1v) is 15.8. The minimum absolute atomic E-state index is 0.0311. The molecule has 0 spiro atoms. The van der Waals surface area contributed by atoms with E-state index >= 15 is 0 Å². The number of nitrogens with one attached hydrogen (secondary N) is 1. The maximum atomic E-state index is 13.8. The number of sulfonamides is 1. The SMILES string of the molecule is CCCNC(=O)[C@H](Cc1ccccc1)N(Cc1ccccc1Cl)C(=O)CCCN(c1cccc(Cl)c1)S(C)(=O)=O. The van der Waals surface area contributed by atoms with E-state index in [-0.39, 0.29) is 37.7 Å². The van der Waals surface area contributed by atoms with Gasteiger partial charge in [-0.05, 0) is 48.2 Å². The minimum atomic E-state index is -3.62. The highest BCUT2D eigenvalue weighted by molar-refractivity contribution is 7.92. The molecule has 0 aromatic heterocycles. The molecule has 3 aromatic rings. The first-order valence-electron chi connectivity index (χ1n) is 13.2. The van der Waals surface area contributed by atoms with Gasteiger partial charge >= 0.3 is 0 Å². The van der Waals surface area contributed by atoms with Crippen LogP contribution in [0.5, 0.6) is 0 Å². The summed E-state index contributed by atoms with van der Waals surface area (Å²) in [5.41, 5.74) is 2.06. The van der Waals surface area contributed by atoms with Gasteiger partial charge in [0.25, 0.3) is 0 Å². The Morgan fingerprint density at radius 1 is 0.950 bits per heavy atom. The lowest BCUT2D eigenvalue weighted by Gasteiger charge is -2.32. The summed E-state index contributed by atoms with van der Waals surface area (Å²) in [6.07, 6.45) is 2.47. The predicted molar refractivity (Wildman–Crippen MR) is 162 cm³/mol. The van der Waals surface area contributed by atoms with Crippen LogP contribution in [0.2, 0.25) is 10.0 Å². The highest BCUT2D eigenvalue weighted by atomic mass is 35.5. The second kappa shape index (κ2) is 15.1. The number of anilines is 1. The fourth-order valence-electron chi connectivity index (χ4n) is 4.37. The quantitative estimate of drug-likeness (QED) is 0.256. The van der Waals surface area contributed by atoms with Crippen LogP contribution in [-0.4, -0.2) is 50.5 Å². The molecule has 0 aliphatic heterocycles. The second-order valence-corrected chi connectivity index (χ2v) is 12.3. The van der Waals surface area contributed by atoms with Crippen molar-refractivity contribution < 1.29 is 18.0 Å². The molecule has 3 rings (SSSR count). The molecule has 40 heavy (non-hydrogen) atoms. The smallest absolute Gasteiger partial charge is 0.243 e. The van der Waals surface area contributed by atoms with Gasteiger partial charge in [0.05, 0.1) is 11.9 Å². The monoisotopic (exact) mass is 603 g/mol. The van der Waals surface area contributed by atoms with Gasteiger partial charge in [0.15, 0.2) is 0 Å². The second-order valence-electron chi connectivity index (χ2n) is 9.53. The average Bonchev–Trinajstić information content (AvgIpc) is 2.92. The van der Waals surface area contributed by atoms with Crippen molar-refractivity contribution in [3.05, 3.63) is 100 Å². The molecule has 2 amide bonds. The van der Waals surface area contributed by atoms with E-state index in [0.717, 1.165) is 23.8 Å². The van der Waals surface area contributed by atoms with Crippen LogP contribution in [0.3, 0.4) is 0 Å². The summed E-state index contributed by atoms with van der Waals surface area (Å²) in [6, 6.07) is 22.5. The Kier molecular flexibility index (Phi) is 11.9. The lowest BCUT2D eigenvalue weighted by molar-refractivity contribution is -0.141. The predicted octanol–water partition coefficient (Wildman–Crippen LogP) is 5.71. The Morgan fingerprint density at radius 2 is 1.65 bits per heavy atom. The van der Waals surface area contributed by atoms with Gasteiger partial charge in [-0.2, -0.15) is 0 Å². The van der Waals surface area contributed by atoms with Crippen molar-refractivity contribution in [2.45, 2.75) is 45.2 Å². The van der Waals surface area contributed by atoms with E-state index in [1.165, 1.54) is 4.31 Å². The summed E-state index contributed by atoms with van der Waals surface area (Å²) in [6.45, 7) is 2.67. The number of benzene rings is 3. The normalized spacial score (nSPS) is 12.0. The molecule has 0 heterocycles. The molecule has 10 heteroatoms.